The molecule has 0 saturated heterocycles. The van der Waals surface area contributed by atoms with E-state index in [0.717, 1.165) is 21.8 Å². The van der Waals surface area contributed by atoms with Gasteiger partial charge in [-0.05, 0) is 30.7 Å². The van der Waals surface area contributed by atoms with Crippen molar-refractivity contribution in [1.82, 2.24) is 15.3 Å². The fourth-order valence-electron chi connectivity index (χ4n) is 2.11. The summed E-state index contributed by atoms with van der Waals surface area (Å²) in [4.78, 5) is 19.5. The number of thiazole rings is 1. The molecule has 3 N–H and O–H groups in total. The molecule has 0 saturated carbocycles. The van der Waals surface area contributed by atoms with Gasteiger partial charge in [0.2, 0.25) is 0 Å². The molecule has 0 atom stereocenters. The molecule has 1 amide bonds. The molecule has 6 heteroatoms. The number of H-pyrrole nitrogens is 1. The second-order valence-corrected chi connectivity index (χ2v) is 5.97. The maximum absolute atomic E-state index is 12.1. The summed E-state index contributed by atoms with van der Waals surface area (Å²) in [6.07, 6.45) is 1.78. The monoisotopic (exact) mass is 313 g/mol. The van der Waals surface area contributed by atoms with E-state index in [0.29, 0.717) is 12.2 Å². The Morgan fingerprint density at radius 1 is 1.41 bits per heavy atom. The van der Waals surface area contributed by atoms with E-state index < -0.39 is 0 Å². The quantitative estimate of drug-likeness (QED) is 0.692. The van der Waals surface area contributed by atoms with Crippen LogP contribution in [-0.2, 0) is 6.54 Å². The van der Waals surface area contributed by atoms with E-state index >= 15 is 0 Å². The van der Waals surface area contributed by atoms with Crippen molar-refractivity contribution in [2.24, 2.45) is 0 Å². The summed E-state index contributed by atoms with van der Waals surface area (Å²) in [7, 11) is 0. The van der Waals surface area contributed by atoms with Gasteiger partial charge < -0.3 is 15.4 Å². The Hall–Kier alpha value is -2.60. The van der Waals surface area contributed by atoms with E-state index in [-0.39, 0.29) is 11.7 Å². The molecular weight excluding hydrogens is 298 g/mol. The van der Waals surface area contributed by atoms with Crippen LogP contribution in [0.5, 0.6) is 5.75 Å². The minimum absolute atomic E-state index is 0.188. The number of amides is 1. The summed E-state index contributed by atoms with van der Waals surface area (Å²) in [6.45, 7) is 2.31. The third kappa shape index (κ3) is 3.17. The minimum Gasteiger partial charge on any atom is -0.508 e. The first kappa shape index (κ1) is 14.3. The molecule has 22 heavy (non-hydrogen) atoms. The van der Waals surface area contributed by atoms with Gasteiger partial charge in [0.15, 0.2) is 0 Å². The summed E-state index contributed by atoms with van der Waals surface area (Å²) in [5.74, 6) is -0.00523. The number of rotatable bonds is 4. The van der Waals surface area contributed by atoms with Crippen molar-refractivity contribution in [3.63, 3.8) is 0 Å². The van der Waals surface area contributed by atoms with E-state index in [1.54, 1.807) is 41.8 Å². The number of carbonyl (C=O) groups is 1. The maximum atomic E-state index is 12.1. The summed E-state index contributed by atoms with van der Waals surface area (Å²) in [6, 6.07) is 8.59. The zero-order valence-corrected chi connectivity index (χ0v) is 12.8. The van der Waals surface area contributed by atoms with Gasteiger partial charge in [-0.2, -0.15) is 0 Å². The average molecular weight is 313 g/mol. The lowest BCUT2D eigenvalue weighted by Crippen LogP contribution is -2.22. The molecule has 0 fully saturated rings. The van der Waals surface area contributed by atoms with Gasteiger partial charge in [-0.15, -0.1) is 11.3 Å². The Kier molecular flexibility index (Phi) is 3.93. The van der Waals surface area contributed by atoms with E-state index in [2.05, 4.69) is 15.3 Å². The number of phenolic OH excluding ortho intramolecular Hbond substituents is 1. The fraction of sp³-hybridized carbons (Fsp3) is 0.125. The molecule has 2 heterocycles. The van der Waals surface area contributed by atoms with Crippen molar-refractivity contribution in [3.8, 4) is 17.0 Å². The van der Waals surface area contributed by atoms with Crippen LogP contribution in [0.4, 0.5) is 0 Å². The lowest BCUT2D eigenvalue weighted by atomic mass is 10.2. The third-order valence-corrected chi connectivity index (χ3v) is 3.98. The molecule has 0 bridgehead atoms. The first-order valence-electron chi connectivity index (χ1n) is 6.79. The first-order valence-corrected chi connectivity index (χ1v) is 7.67. The largest absolute Gasteiger partial charge is 0.508 e. The molecule has 0 aliphatic heterocycles. The molecule has 5 nitrogen and oxygen atoms in total. The van der Waals surface area contributed by atoms with E-state index in [1.165, 1.54) is 0 Å². The highest BCUT2D eigenvalue weighted by atomic mass is 32.1. The van der Waals surface area contributed by atoms with Crippen molar-refractivity contribution in [1.29, 1.82) is 0 Å². The zero-order valence-electron chi connectivity index (χ0n) is 12.0. The van der Waals surface area contributed by atoms with Crippen LogP contribution in [-0.4, -0.2) is 21.0 Å². The number of nitrogens with zero attached hydrogens (tertiary/aromatic N) is 1. The summed E-state index contributed by atoms with van der Waals surface area (Å²) >= 11 is 1.58. The van der Waals surface area contributed by atoms with E-state index in [1.807, 2.05) is 18.4 Å². The van der Waals surface area contributed by atoms with Crippen LogP contribution in [0.15, 0.2) is 41.9 Å². The van der Waals surface area contributed by atoms with E-state index in [4.69, 9.17) is 0 Å². The molecule has 0 unspecified atom stereocenters. The Labute approximate surface area is 131 Å². The Morgan fingerprint density at radius 2 is 2.27 bits per heavy atom. The average Bonchev–Trinajstić information content (AvgIpc) is 3.13. The number of hydrogen-bond acceptors (Lipinski definition) is 4. The summed E-state index contributed by atoms with van der Waals surface area (Å²) in [5, 5.41) is 15.2. The van der Waals surface area contributed by atoms with Gasteiger partial charge in [-0.25, -0.2) is 4.98 Å². The summed E-state index contributed by atoms with van der Waals surface area (Å²) in [5.41, 5.74) is 3.09. The van der Waals surface area contributed by atoms with Crippen LogP contribution in [0.3, 0.4) is 0 Å². The van der Waals surface area contributed by atoms with Crippen LogP contribution in [0.2, 0.25) is 0 Å². The molecule has 2 aromatic heterocycles. The highest BCUT2D eigenvalue weighted by molar-refractivity contribution is 7.09. The number of phenols is 1. The molecule has 0 radical (unpaired) electrons. The molecule has 0 aliphatic rings. The van der Waals surface area contributed by atoms with Crippen molar-refractivity contribution in [2.45, 2.75) is 13.5 Å². The Morgan fingerprint density at radius 3 is 3.00 bits per heavy atom. The van der Waals surface area contributed by atoms with Crippen molar-refractivity contribution < 1.29 is 9.90 Å². The lowest BCUT2D eigenvalue weighted by Gasteiger charge is -2.04. The normalized spacial score (nSPS) is 10.6. The Balaban J connectivity index is 1.67. The maximum Gasteiger partial charge on any atom is 0.267 e. The van der Waals surface area contributed by atoms with Gasteiger partial charge in [-0.1, -0.05) is 12.1 Å². The predicted molar refractivity (Wildman–Crippen MR) is 85.9 cm³/mol. The molecule has 3 aromatic rings. The third-order valence-electron chi connectivity index (χ3n) is 3.21. The molecule has 112 valence electrons. The van der Waals surface area contributed by atoms with Gasteiger partial charge in [0.05, 0.1) is 10.7 Å². The number of aromatic amines is 1. The highest BCUT2D eigenvalue weighted by Crippen LogP contribution is 2.22. The van der Waals surface area contributed by atoms with Crippen molar-refractivity contribution in [3.05, 3.63) is 58.2 Å². The summed E-state index contributed by atoms with van der Waals surface area (Å²) < 4.78 is 0. The zero-order chi connectivity index (χ0) is 15.5. The number of carbonyl (C=O) groups excluding carboxylic acids is 1. The standard InChI is InChI=1S/C16H15N3O2S/c1-10-19-15(9-22-10)12-6-14(17-8-12)16(21)18-7-11-3-2-4-13(20)5-11/h2-6,8-9,17,20H,7H2,1H3,(H,18,21). The molecule has 0 aliphatic carbocycles. The van der Waals surface area contributed by atoms with Crippen LogP contribution in [0, 0.1) is 6.92 Å². The Bertz CT molecular complexity index is 807. The van der Waals surface area contributed by atoms with Gasteiger partial charge in [0, 0.05) is 23.7 Å². The number of nitrogens with one attached hydrogen (secondary N) is 2. The molecule has 1 aromatic carbocycles. The second kappa shape index (κ2) is 6.03. The van der Waals surface area contributed by atoms with Gasteiger partial charge >= 0.3 is 0 Å². The fourth-order valence-corrected chi connectivity index (χ4v) is 2.74. The minimum atomic E-state index is -0.193. The number of aromatic hydroxyl groups is 1. The van der Waals surface area contributed by atoms with Gasteiger partial charge in [-0.3, -0.25) is 4.79 Å². The molecule has 3 rings (SSSR count). The number of aryl methyl sites for hydroxylation is 1. The number of hydrogen-bond donors (Lipinski definition) is 3. The van der Waals surface area contributed by atoms with Crippen LogP contribution in [0.25, 0.3) is 11.3 Å². The smallest absolute Gasteiger partial charge is 0.267 e. The van der Waals surface area contributed by atoms with Gasteiger partial charge in [0.1, 0.15) is 11.4 Å². The predicted octanol–water partition coefficient (Wildman–Crippen LogP) is 3.08. The van der Waals surface area contributed by atoms with Crippen LogP contribution in [0.1, 0.15) is 21.1 Å². The number of aromatic nitrogens is 2. The topological polar surface area (TPSA) is 78.0 Å². The first-order chi connectivity index (χ1) is 10.6. The SMILES string of the molecule is Cc1nc(-c2c[nH]c(C(=O)NCc3cccc(O)c3)c2)cs1. The van der Waals surface area contributed by atoms with Crippen molar-refractivity contribution in [2.75, 3.05) is 0 Å². The van der Waals surface area contributed by atoms with Crippen LogP contribution < -0.4 is 5.32 Å². The van der Waals surface area contributed by atoms with Crippen LogP contribution >= 0.6 is 11.3 Å². The molecule has 0 spiro atoms. The molecular formula is C16H15N3O2S. The number of benzene rings is 1. The van der Waals surface area contributed by atoms with Crippen molar-refractivity contribution >= 4 is 17.2 Å². The van der Waals surface area contributed by atoms with Gasteiger partial charge in [0.25, 0.3) is 5.91 Å². The van der Waals surface area contributed by atoms with E-state index in [9.17, 15) is 9.90 Å². The second-order valence-electron chi connectivity index (χ2n) is 4.91. The highest BCUT2D eigenvalue weighted by Gasteiger charge is 2.11. The lowest BCUT2D eigenvalue weighted by molar-refractivity contribution is 0.0946.